The molecule has 0 spiro atoms. The molecule has 0 fully saturated rings. The molecular formula is C15H22N2O. The molecule has 3 heteroatoms. The standard InChI is InChI=1S/C15H22N2O/c1-12(2)18-15(13(3)17(4)11-10-16)14-8-6-5-7-9-14/h5-9,12-13,15H,11H2,1-4H3/t13-,15+/m0/s1. The number of hydrogen-bond donors (Lipinski definition) is 0. The molecule has 1 aromatic rings. The Labute approximate surface area is 110 Å². The highest BCUT2D eigenvalue weighted by Crippen LogP contribution is 2.25. The van der Waals surface area contributed by atoms with Gasteiger partial charge in [0.05, 0.1) is 24.8 Å². The molecule has 1 aromatic carbocycles. The lowest BCUT2D eigenvalue weighted by Gasteiger charge is -2.32. The SMILES string of the molecule is CC(C)O[C@@H](c1ccccc1)[C@H](C)N(C)CC#N. The van der Waals surface area contributed by atoms with Crippen molar-refractivity contribution in [3.63, 3.8) is 0 Å². The monoisotopic (exact) mass is 246 g/mol. The molecule has 0 aliphatic rings. The van der Waals surface area contributed by atoms with Crippen LogP contribution in [0.5, 0.6) is 0 Å². The molecule has 0 radical (unpaired) electrons. The number of ether oxygens (including phenoxy) is 1. The summed E-state index contributed by atoms with van der Waals surface area (Å²) in [5, 5.41) is 8.79. The largest absolute Gasteiger partial charge is 0.369 e. The van der Waals surface area contributed by atoms with Crippen LogP contribution in [0, 0.1) is 11.3 Å². The van der Waals surface area contributed by atoms with Gasteiger partial charge in [-0.2, -0.15) is 5.26 Å². The second-order valence-electron chi connectivity index (χ2n) is 4.83. The van der Waals surface area contributed by atoms with E-state index in [1.807, 2.05) is 44.0 Å². The summed E-state index contributed by atoms with van der Waals surface area (Å²) in [5.74, 6) is 0. The molecule has 1 rings (SSSR count). The molecule has 0 unspecified atom stereocenters. The molecule has 0 amide bonds. The van der Waals surface area contributed by atoms with Crippen LogP contribution in [0.15, 0.2) is 30.3 Å². The van der Waals surface area contributed by atoms with Crippen molar-refractivity contribution in [3.05, 3.63) is 35.9 Å². The van der Waals surface area contributed by atoms with Gasteiger partial charge in [0, 0.05) is 6.04 Å². The summed E-state index contributed by atoms with van der Waals surface area (Å²) in [6.07, 6.45) is 0.151. The number of benzene rings is 1. The third kappa shape index (κ3) is 4.14. The van der Waals surface area contributed by atoms with Crippen LogP contribution in [0.1, 0.15) is 32.4 Å². The van der Waals surface area contributed by atoms with Gasteiger partial charge in [0.1, 0.15) is 0 Å². The van der Waals surface area contributed by atoms with E-state index in [-0.39, 0.29) is 18.2 Å². The summed E-state index contributed by atoms with van der Waals surface area (Å²) in [4.78, 5) is 2.01. The molecule has 0 aliphatic carbocycles. The fourth-order valence-electron chi connectivity index (χ4n) is 1.89. The van der Waals surface area contributed by atoms with Crippen LogP contribution in [-0.4, -0.2) is 30.6 Å². The van der Waals surface area contributed by atoms with Crippen LogP contribution in [0.25, 0.3) is 0 Å². The van der Waals surface area contributed by atoms with Gasteiger partial charge in [-0.15, -0.1) is 0 Å². The Kier molecular flexibility index (Phi) is 5.84. The van der Waals surface area contributed by atoms with Gasteiger partial charge in [0.15, 0.2) is 0 Å². The van der Waals surface area contributed by atoms with Crippen LogP contribution in [0.4, 0.5) is 0 Å². The maximum absolute atomic E-state index is 8.79. The van der Waals surface area contributed by atoms with Crippen molar-refractivity contribution in [3.8, 4) is 6.07 Å². The molecule has 18 heavy (non-hydrogen) atoms. The first kappa shape index (κ1) is 14.7. The third-order valence-corrected chi connectivity index (χ3v) is 3.00. The molecule has 0 bridgehead atoms. The molecule has 0 aliphatic heterocycles. The third-order valence-electron chi connectivity index (χ3n) is 3.00. The lowest BCUT2D eigenvalue weighted by atomic mass is 10.0. The first-order valence-corrected chi connectivity index (χ1v) is 6.33. The Balaban J connectivity index is 2.88. The Hall–Kier alpha value is -1.37. The van der Waals surface area contributed by atoms with Gasteiger partial charge in [-0.05, 0) is 33.4 Å². The predicted octanol–water partition coefficient (Wildman–Crippen LogP) is 3.00. The number of hydrogen-bond acceptors (Lipinski definition) is 3. The Morgan fingerprint density at radius 2 is 1.83 bits per heavy atom. The zero-order chi connectivity index (χ0) is 13.5. The minimum atomic E-state index is -0.00968. The van der Waals surface area contributed by atoms with Gasteiger partial charge in [0.25, 0.3) is 0 Å². The van der Waals surface area contributed by atoms with Crippen molar-refractivity contribution < 1.29 is 4.74 Å². The second kappa shape index (κ2) is 7.15. The van der Waals surface area contributed by atoms with Crippen molar-refractivity contribution in [1.29, 1.82) is 5.26 Å². The highest BCUT2D eigenvalue weighted by atomic mass is 16.5. The van der Waals surface area contributed by atoms with E-state index in [0.29, 0.717) is 6.54 Å². The summed E-state index contributed by atoms with van der Waals surface area (Å²) in [7, 11) is 1.95. The van der Waals surface area contributed by atoms with E-state index in [2.05, 4.69) is 25.1 Å². The van der Waals surface area contributed by atoms with Crippen LogP contribution in [0.2, 0.25) is 0 Å². The van der Waals surface area contributed by atoms with Gasteiger partial charge in [-0.3, -0.25) is 4.90 Å². The summed E-state index contributed by atoms with van der Waals surface area (Å²) >= 11 is 0. The zero-order valence-electron chi connectivity index (χ0n) is 11.6. The topological polar surface area (TPSA) is 36.3 Å². The molecule has 3 nitrogen and oxygen atoms in total. The fourth-order valence-corrected chi connectivity index (χ4v) is 1.89. The van der Waals surface area contributed by atoms with E-state index in [4.69, 9.17) is 10.00 Å². The predicted molar refractivity (Wildman–Crippen MR) is 73.1 cm³/mol. The van der Waals surface area contributed by atoms with E-state index in [9.17, 15) is 0 Å². The van der Waals surface area contributed by atoms with Gasteiger partial charge in [-0.1, -0.05) is 30.3 Å². The molecule has 0 aromatic heterocycles. The zero-order valence-corrected chi connectivity index (χ0v) is 11.6. The van der Waals surface area contributed by atoms with Crippen LogP contribution in [-0.2, 0) is 4.74 Å². The molecule has 2 atom stereocenters. The first-order valence-electron chi connectivity index (χ1n) is 6.33. The van der Waals surface area contributed by atoms with E-state index in [1.165, 1.54) is 0 Å². The van der Waals surface area contributed by atoms with Gasteiger partial charge < -0.3 is 4.74 Å². The quantitative estimate of drug-likeness (QED) is 0.724. The molecule has 0 saturated heterocycles. The van der Waals surface area contributed by atoms with Crippen LogP contribution < -0.4 is 0 Å². The maximum Gasteiger partial charge on any atom is 0.0980 e. The van der Waals surface area contributed by atoms with E-state index >= 15 is 0 Å². The summed E-state index contributed by atoms with van der Waals surface area (Å²) in [5.41, 5.74) is 1.16. The summed E-state index contributed by atoms with van der Waals surface area (Å²) in [6.45, 7) is 6.57. The highest BCUT2D eigenvalue weighted by molar-refractivity contribution is 5.19. The molecule has 98 valence electrons. The van der Waals surface area contributed by atoms with Gasteiger partial charge in [0.2, 0.25) is 0 Å². The van der Waals surface area contributed by atoms with E-state index in [0.717, 1.165) is 5.56 Å². The van der Waals surface area contributed by atoms with Crippen molar-refractivity contribution >= 4 is 0 Å². The molecule has 0 N–H and O–H groups in total. The van der Waals surface area contributed by atoms with Gasteiger partial charge >= 0.3 is 0 Å². The van der Waals surface area contributed by atoms with E-state index in [1.54, 1.807) is 0 Å². The van der Waals surface area contributed by atoms with Crippen molar-refractivity contribution in [2.24, 2.45) is 0 Å². The Morgan fingerprint density at radius 1 is 1.22 bits per heavy atom. The number of nitrogens with zero attached hydrogens (tertiary/aromatic N) is 2. The normalized spacial score (nSPS) is 14.5. The summed E-state index contributed by atoms with van der Waals surface area (Å²) < 4.78 is 6.01. The second-order valence-corrected chi connectivity index (χ2v) is 4.83. The first-order chi connectivity index (χ1) is 8.56. The number of likely N-dealkylation sites (N-methyl/N-ethyl adjacent to an activating group) is 1. The van der Waals surface area contributed by atoms with Crippen molar-refractivity contribution in [1.82, 2.24) is 4.90 Å². The fraction of sp³-hybridized carbons (Fsp3) is 0.533. The van der Waals surface area contributed by atoms with Crippen LogP contribution in [0.3, 0.4) is 0 Å². The molecule has 0 saturated carbocycles. The number of rotatable bonds is 6. The minimum Gasteiger partial charge on any atom is -0.369 e. The van der Waals surface area contributed by atoms with Crippen LogP contribution >= 0.6 is 0 Å². The molecule has 0 heterocycles. The highest BCUT2D eigenvalue weighted by Gasteiger charge is 2.24. The Morgan fingerprint density at radius 3 is 2.33 bits per heavy atom. The smallest absolute Gasteiger partial charge is 0.0980 e. The lowest BCUT2D eigenvalue weighted by molar-refractivity contribution is -0.0353. The number of nitriles is 1. The van der Waals surface area contributed by atoms with Gasteiger partial charge in [-0.25, -0.2) is 0 Å². The molecular weight excluding hydrogens is 224 g/mol. The average Bonchev–Trinajstić information content (AvgIpc) is 2.36. The summed E-state index contributed by atoms with van der Waals surface area (Å²) in [6, 6.07) is 12.5. The van der Waals surface area contributed by atoms with Crippen molar-refractivity contribution in [2.45, 2.75) is 39.0 Å². The van der Waals surface area contributed by atoms with E-state index < -0.39 is 0 Å². The average molecular weight is 246 g/mol. The minimum absolute atomic E-state index is 0.00968. The Bertz CT molecular complexity index is 383. The lowest BCUT2D eigenvalue weighted by Crippen LogP contribution is -2.36. The van der Waals surface area contributed by atoms with Crippen molar-refractivity contribution in [2.75, 3.05) is 13.6 Å². The maximum atomic E-state index is 8.79.